The normalized spacial score (nSPS) is 12.0. The molecule has 0 amide bonds. The van der Waals surface area contributed by atoms with Gasteiger partial charge in [0.15, 0.2) is 0 Å². The van der Waals surface area contributed by atoms with Crippen LogP contribution in [0.25, 0.3) is 16.6 Å². The Morgan fingerprint density at radius 1 is 1.24 bits per heavy atom. The van der Waals surface area contributed by atoms with Gasteiger partial charge in [0.1, 0.15) is 12.1 Å². The summed E-state index contributed by atoms with van der Waals surface area (Å²) in [6.45, 7) is 9.88. The summed E-state index contributed by atoms with van der Waals surface area (Å²) >= 11 is 0. The number of fused-ring (bicyclic) bond motifs is 1. The molecule has 0 N–H and O–H groups in total. The molecular weight excluding hydrogens is 365 g/mol. The zero-order valence-corrected chi connectivity index (χ0v) is 17.4. The van der Waals surface area contributed by atoms with Gasteiger partial charge in [-0.05, 0) is 50.1 Å². The Kier molecular flexibility index (Phi) is 5.97. The van der Waals surface area contributed by atoms with Crippen molar-refractivity contribution in [2.45, 2.75) is 33.6 Å². The maximum absolute atomic E-state index is 14.6. The van der Waals surface area contributed by atoms with Crippen LogP contribution in [0.15, 0.2) is 60.4 Å². The number of nitrogens with zero attached hydrogens (tertiary/aromatic N) is 3. The van der Waals surface area contributed by atoms with Crippen LogP contribution in [0.4, 0.5) is 10.1 Å². The maximum atomic E-state index is 14.6. The van der Waals surface area contributed by atoms with Gasteiger partial charge in [-0.3, -0.25) is 9.48 Å². The van der Waals surface area contributed by atoms with Crippen LogP contribution in [0.1, 0.15) is 38.3 Å². The van der Waals surface area contributed by atoms with Gasteiger partial charge in [-0.2, -0.15) is 5.10 Å². The van der Waals surface area contributed by atoms with E-state index in [1.807, 2.05) is 62.3 Å². The lowest BCUT2D eigenvalue weighted by molar-refractivity contribution is -0.104. The average Bonchev–Trinajstić information content (AvgIpc) is 3.08. The van der Waals surface area contributed by atoms with Crippen molar-refractivity contribution in [3.05, 3.63) is 77.4 Å². The van der Waals surface area contributed by atoms with Crippen molar-refractivity contribution in [2.75, 3.05) is 4.90 Å². The highest BCUT2D eigenvalue weighted by atomic mass is 19.1. The molecular formula is C24H26FN3O. The van der Waals surface area contributed by atoms with Gasteiger partial charge in [0.25, 0.3) is 0 Å². The number of allylic oxidation sites excluding steroid dienone is 2. The minimum atomic E-state index is -0.234. The number of aryl methyl sites for hydroxylation is 2. The van der Waals surface area contributed by atoms with E-state index in [9.17, 15) is 9.18 Å². The third kappa shape index (κ3) is 4.14. The molecule has 0 saturated carbocycles. The summed E-state index contributed by atoms with van der Waals surface area (Å²) in [5.41, 5.74) is 5.02. The first-order chi connectivity index (χ1) is 13.8. The van der Waals surface area contributed by atoms with Crippen LogP contribution in [0.3, 0.4) is 0 Å². The zero-order valence-electron chi connectivity index (χ0n) is 17.4. The van der Waals surface area contributed by atoms with Gasteiger partial charge >= 0.3 is 0 Å². The van der Waals surface area contributed by atoms with Gasteiger partial charge in [-0.1, -0.05) is 32.1 Å². The fraction of sp³-hybridized carbons (Fsp3) is 0.250. The van der Waals surface area contributed by atoms with Crippen molar-refractivity contribution in [3.8, 4) is 0 Å². The average molecular weight is 391 g/mol. The molecule has 0 atom stereocenters. The number of halogens is 1. The van der Waals surface area contributed by atoms with Crippen LogP contribution in [0.2, 0.25) is 0 Å². The van der Waals surface area contributed by atoms with E-state index in [1.165, 1.54) is 6.07 Å². The van der Waals surface area contributed by atoms with Crippen LogP contribution in [0.5, 0.6) is 0 Å². The van der Waals surface area contributed by atoms with E-state index in [-0.39, 0.29) is 5.82 Å². The third-order valence-corrected chi connectivity index (χ3v) is 5.12. The lowest BCUT2D eigenvalue weighted by Gasteiger charge is -2.29. The highest BCUT2D eigenvalue weighted by Crippen LogP contribution is 2.33. The summed E-state index contributed by atoms with van der Waals surface area (Å²) in [5.74, 6) is -0.234. The summed E-state index contributed by atoms with van der Waals surface area (Å²) in [7, 11) is 1.87. The van der Waals surface area contributed by atoms with Crippen LogP contribution in [-0.4, -0.2) is 16.1 Å². The van der Waals surface area contributed by atoms with E-state index in [1.54, 1.807) is 11.6 Å². The monoisotopic (exact) mass is 391 g/mol. The van der Waals surface area contributed by atoms with Crippen LogP contribution >= 0.6 is 0 Å². The van der Waals surface area contributed by atoms with Gasteiger partial charge in [0, 0.05) is 46.8 Å². The standard InChI is InChI=1S/C24H26FN3O/c1-6-7-19-8-9-20(13-23(19)25)18(4)28(17(3)16(2)15-29)22-10-11-24-21(12-22)14-27(5)26-24/h8-15H,4,6-7H2,1-3,5H3/b17-16+. The highest BCUT2D eigenvalue weighted by molar-refractivity contribution is 5.89. The summed E-state index contributed by atoms with van der Waals surface area (Å²) in [4.78, 5) is 13.3. The van der Waals surface area contributed by atoms with E-state index in [0.29, 0.717) is 28.8 Å². The fourth-order valence-electron chi connectivity index (χ4n) is 3.42. The van der Waals surface area contributed by atoms with E-state index in [0.717, 1.165) is 35.0 Å². The molecule has 1 aromatic heterocycles. The van der Waals surface area contributed by atoms with Gasteiger partial charge < -0.3 is 4.90 Å². The largest absolute Gasteiger partial charge is 0.314 e. The van der Waals surface area contributed by atoms with Crippen molar-refractivity contribution >= 4 is 28.6 Å². The molecule has 0 aliphatic rings. The number of anilines is 1. The molecule has 0 bridgehead atoms. The van der Waals surface area contributed by atoms with Crippen molar-refractivity contribution < 1.29 is 9.18 Å². The smallest absolute Gasteiger partial charge is 0.147 e. The molecule has 1 heterocycles. The Bertz CT molecular complexity index is 1110. The third-order valence-electron chi connectivity index (χ3n) is 5.12. The van der Waals surface area contributed by atoms with Crippen LogP contribution in [-0.2, 0) is 18.3 Å². The Balaban J connectivity index is 2.11. The molecule has 5 heteroatoms. The van der Waals surface area contributed by atoms with Crippen molar-refractivity contribution in [1.29, 1.82) is 0 Å². The number of aromatic nitrogens is 2. The number of carbonyl (C=O) groups is 1. The minimum Gasteiger partial charge on any atom is -0.314 e. The molecule has 4 nitrogen and oxygen atoms in total. The van der Waals surface area contributed by atoms with Gasteiger partial charge in [-0.25, -0.2) is 4.39 Å². The molecule has 3 rings (SSSR count). The number of aldehydes is 1. The first-order valence-corrected chi connectivity index (χ1v) is 9.69. The zero-order chi connectivity index (χ0) is 21.1. The molecule has 0 aliphatic heterocycles. The molecule has 0 saturated heterocycles. The van der Waals surface area contributed by atoms with Crippen LogP contribution < -0.4 is 4.90 Å². The molecule has 0 radical (unpaired) electrons. The Morgan fingerprint density at radius 3 is 2.66 bits per heavy atom. The van der Waals surface area contributed by atoms with Gasteiger partial charge in [0.2, 0.25) is 0 Å². The van der Waals surface area contributed by atoms with Crippen LogP contribution in [0, 0.1) is 5.82 Å². The molecule has 0 unspecified atom stereocenters. The number of hydrogen-bond acceptors (Lipinski definition) is 3. The number of carbonyl (C=O) groups excluding carboxylic acids is 1. The topological polar surface area (TPSA) is 38.1 Å². The highest BCUT2D eigenvalue weighted by Gasteiger charge is 2.18. The Hall–Kier alpha value is -3.21. The quantitative estimate of drug-likeness (QED) is 0.387. The van der Waals surface area contributed by atoms with Gasteiger partial charge in [-0.15, -0.1) is 0 Å². The van der Waals surface area contributed by atoms with E-state index >= 15 is 0 Å². The Labute approximate surface area is 170 Å². The van der Waals surface area contributed by atoms with Crippen molar-refractivity contribution in [3.63, 3.8) is 0 Å². The van der Waals surface area contributed by atoms with E-state index in [4.69, 9.17) is 0 Å². The molecule has 29 heavy (non-hydrogen) atoms. The maximum Gasteiger partial charge on any atom is 0.147 e. The predicted molar refractivity (Wildman–Crippen MR) is 117 cm³/mol. The molecule has 0 spiro atoms. The summed E-state index contributed by atoms with van der Waals surface area (Å²) in [6.07, 6.45) is 4.34. The predicted octanol–water partition coefficient (Wildman–Crippen LogP) is 5.64. The van der Waals surface area contributed by atoms with Crippen molar-refractivity contribution in [2.24, 2.45) is 7.05 Å². The molecule has 3 aromatic rings. The molecule has 2 aromatic carbocycles. The number of hydrogen-bond donors (Lipinski definition) is 0. The number of rotatable bonds is 7. The van der Waals surface area contributed by atoms with Crippen molar-refractivity contribution in [1.82, 2.24) is 9.78 Å². The molecule has 0 fully saturated rings. The molecule has 150 valence electrons. The first kappa shape index (κ1) is 20.5. The summed E-state index contributed by atoms with van der Waals surface area (Å²) in [6, 6.07) is 11.1. The lowest BCUT2D eigenvalue weighted by atomic mass is 10.0. The second-order valence-corrected chi connectivity index (χ2v) is 7.27. The SMILES string of the molecule is C=C(c1ccc(CCC)c(F)c1)N(/C(C)=C(\C)C=O)c1ccc2nn(C)cc2c1. The van der Waals surface area contributed by atoms with E-state index in [2.05, 4.69) is 11.7 Å². The first-order valence-electron chi connectivity index (χ1n) is 9.69. The Morgan fingerprint density at radius 2 is 2.00 bits per heavy atom. The van der Waals surface area contributed by atoms with E-state index < -0.39 is 0 Å². The van der Waals surface area contributed by atoms with Gasteiger partial charge in [0.05, 0.1) is 5.52 Å². The lowest BCUT2D eigenvalue weighted by Crippen LogP contribution is -2.20. The summed E-state index contributed by atoms with van der Waals surface area (Å²) in [5, 5.41) is 5.39. The minimum absolute atomic E-state index is 0.234. The second-order valence-electron chi connectivity index (χ2n) is 7.27. The second kappa shape index (κ2) is 8.43. The number of benzene rings is 2. The molecule has 0 aliphatic carbocycles. The fourth-order valence-corrected chi connectivity index (χ4v) is 3.42. The summed E-state index contributed by atoms with van der Waals surface area (Å²) < 4.78 is 16.3.